The molecule has 24 heavy (non-hydrogen) atoms. The third-order valence-corrected chi connectivity index (χ3v) is 3.89. The zero-order valence-corrected chi connectivity index (χ0v) is 14.9. The van der Waals surface area contributed by atoms with Crippen molar-refractivity contribution in [2.75, 3.05) is 52.6 Å². The largest absolute Gasteiger partial charge is 0.396 e. The van der Waals surface area contributed by atoms with Gasteiger partial charge in [-0.3, -0.25) is 0 Å². The molecule has 0 aliphatic carbocycles. The first-order chi connectivity index (χ1) is 11.7. The highest BCUT2D eigenvalue weighted by Gasteiger charge is 2.19. The molecule has 0 fully saturated rings. The zero-order valence-electron chi connectivity index (χ0n) is 14.9. The van der Waals surface area contributed by atoms with Crippen molar-refractivity contribution in [1.29, 1.82) is 0 Å². The molecule has 0 bridgehead atoms. The van der Waals surface area contributed by atoms with Crippen LogP contribution < -0.4 is 0 Å². The van der Waals surface area contributed by atoms with Crippen LogP contribution in [0.25, 0.3) is 0 Å². The minimum absolute atomic E-state index is 0.0261. The van der Waals surface area contributed by atoms with Crippen molar-refractivity contribution in [2.45, 2.75) is 51.4 Å². The topological polar surface area (TPSA) is 104 Å². The third kappa shape index (κ3) is 11.6. The molecule has 0 saturated carbocycles. The Bertz CT molecular complexity index is 246. The Labute approximate surface area is 145 Å². The van der Waals surface area contributed by atoms with E-state index in [0.717, 1.165) is 25.7 Å². The predicted molar refractivity (Wildman–Crippen MR) is 93.8 cm³/mol. The molecule has 0 rings (SSSR count). The van der Waals surface area contributed by atoms with E-state index in [-0.39, 0.29) is 32.5 Å². The summed E-state index contributed by atoms with van der Waals surface area (Å²) in [7, 11) is 0. The van der Waals surface area contributed by atoms with Gasteiger partial charge in [0.2, 0.25) is 0 Å². The minimum atomic E-state index is -0.0261. The molecule has 0 spiro atoms. The summed E-state index contributed by atoms with van der Waals surface area (Å²) in [4.78, 5) is 16.4. The average Bonchev–Trinajstić information content (AvgIpc) is 2.59. The fourth-order valence-electron chi connectivity index (χ4n) is 2.46. The molecule has 0 unspecified atom stereocenters. The molecule has 0 heterocycles. The number of aliphatic hydroxyl groups is 4. The van der Waals surface area contributed by atoms with Gasteiger partial charge in [-0.25, -0.2) is 4.79 Å². The second-order valence-electron chi connectivity index (χ2n) is 5.98. The highest BCUT2D eigenvalue weighted by molar-refractivity contribution is 5.74. The molecular formula is C17H36N2O5. The number of urea groups is 1. The van der Waals surface area contributed by atoms with E-state index in [1.165, 1.54) is 0 Å². The summed E-state index contributed by atoms with van der Waals surface area (Å²) in [6, 6.07) is -0.0261. The van der Waals surface area contributed by atoms with Crippen LogP contribution in [0, 0.1) is 0 Å². The molecular weight excluding hydrogens is 312 g/mol. The van der Waals surface area contributed by atoms with Gasteiger partial charge in [0.25, 0.3) is 0 Å². The van der Waals surface area contributed by atoms with Crippen molar-refractivity contribution in [2.24, 2.45) is 0 Å². The third-order valence-electron chi connectivity index (χ3n) is 3.89. The monoisotopic (exact) mass is 348 g/mol. The van der Waals surface area contributed by atoms with Crippen LogP contribution in [-0.2, 0) is 0 Å². The normalized spacial score (nSPS) is 10.8. The molecule has 7 nitrogen and oxygen atoms in total. The summed E-state index contributed by atoms with van der Waals surface area (Å²) in [5, 5.41) is 35.7. The fourth-order valence-corrected chi connectivity index (χ4v) is 2.46. The molecule has 2 amide bonds. The van der Waals surface area contributed by atoms with Crippen molar-refractivity contribution in [3.63, 3.8) is 0 Å². The average molecular weight is 348 g/mol. The SMILES string of the molecule is O=C(N(CCCCO)CCCCO)N(CCCCO)CCCCO. The van der Waals surface area contributed by atoms with Gasteiger partial charge in [0, 0.05) is 52.6 Å². The van der Waals surface area contributed by atoms with Gasteiger partial charge in [0.1, 0.15) is 0 Å². The number of hydrogen-bond acceptors (Lipinski definition) is 5. The Hall–Kier alpha value is -0.890. The lowest BCUT2D eigenvalue weighted by atomic mass is 10.2. The maximum absolute atomic E-state index is 12.8. The molecule has 4 N–H and O–H groups in total. The van der Waals surface area contributed by atoms with Gasteiger partial charge in [-0.15, -0.1) is 0 Å². The number of unbranched alkanes of at least 4 members (excludes halogenated alkanes) is 4. The van der Waals surface area contributed by atoms with E-state index in [1.54, 1.807) is 9.80 Å². The Morgan fingerprint density at radius 2 is 0.750 bits per heavy atom. The molecule has 7 heteroatoms. The smallest absolute Gasteiger partial charge is 0.319 e. The summed E-state index contributed by atoms with van der Waals surface area (Å²) in [6.07, 6.45) is 5.67. The van der Waals surface area contributed by atoms with E-state index in [4.69, 9.17) is 20.4 Å². The Balaban J connectivity index is 4.65. The van der Waals surface area contributed by atoms with Crippen LogP contribution in [0.1, 0.15) is 51.4 Å². The lowest BCUT2D eigenvalue weighted by Gasteiger charge is -2.31. The number of carbonyl (C=O) groups is 1. The first-order valence-electron chi connectivity index (χ1n) is 9.18. The summed E-state index contributed by atoms with van der Waals surface area (Å²) < 4.78 is 0. The number of carbonyl (C=O) groups excluding carboxylic acids is 1. The maximum Gasteiger partial charge on any atom is 0.319 e. The quantitative estimate of drug-likeness (QED) is 0.309. The zero-order chi connectivity index (χ0) is 18.0. The molecule has 0 saturated heterocycles. The Morgan fingerprint density at radius 3 is 0.958 bits per heavy atom. The summed E-state index contributed by atoms with van der Waals surface area (Å²) in [6.45, 7) is 2.88. The molecule has 0 aromatic heterocycles. The minimum Gasteiger partial charge on any atom is -0.396 e. The maximum atomic E-state index is 12.8. The number of rotatable bonds is 16. The van der Waals surface area contributed by atoms with Gasteiger partial charge in [0.15, 0.2) is 0 Å². The lowest BCUT2D eigenvalue weighted by molar-refractivity contribution is 0.143. The van der Waals surface area contributed by atoms with Crippen molar-refractivity contribution >= 4 is 6.03 Å². The summed E-state index contributed by atoms with van der Waals surface area (Å²) >= 11 is 0. The van der Waals surface area contributed by atoms with Crippen LogP contribution >= 0.6 is 0 Å². The van der Waals surface area contributed by atoms with Gasteiger partial charge in [-0.2, -0.15) is 0 Å². The molecule has 0 aliphatic heterocycles. The first kappa shape index (κ1) is 23.1. The van der Waals surface area contributed by atoms with Crippen LogP contribution in [0.4, 0.5) is 4.79 Å². The van der Waals surface area contributed by atoms with Crippen LogP contribution in [0.5, 0.6) is 0 Å². The van der Waals surface area contributed by atoms with Crippen LogP contribution in [0.15, 0.2) is 0 Å². The lowest BCUT2D eigenvalue weighted by Crippen LogP contribution is -2.45. The molecule has 0 radical (unpaired) electrons. The first-order valence-corrected chi connectivity index (χ1v) is 9.18. The van der Waals surface area contributed by atoms with Gasteiger partial charge < -0.3 is 30.2 Å². The number of nitrogens with zero attached hydrogens (tertiary/aromatic N) is 2. The van der Waals surface area contributed by atoms with E-state index < -0.39 is 0 Å². The number of amides is 2. The summed E-state index contributed by atoms with van der Waals surface area (Å²) in [5.41, 5.74) is 0. The van der Waals surface area contributed by atoms with Crippen LogP contribution in [0.3, 0.4) is 0 Å². The second-order valence-corrected chi connectivity index (χ2v) is 5.98. The fraction of sp³-hybridized carbons (Fsp3) is 0.941. The molecule has 0 aromatic rings. The van der Waals surface area contributed by atoms with E-state index in [0.29, 0.717) is 51.9 Å². The highest BCUT2D eigenvalue weighted by Crippen LogP contribution is 2.08. The molecule has 0 atom stereocenters. The van der Waals surface area contributed by atoms with E-state index in [1.807, 2.05) is 0 Å². The van der Waals surface area contributed by atoms with E-state index in [2.05, 4.69) is 0 Å². The van der Waals surface area contributed by atoms with Gasteiger partial charge in [0.05, 0.1) is 0 Å². The van der Waals surface area contributed by atoms with Crippen molar-refractivity contribution in [1.82, 2.24) is 9.80 Å². The van der Waals surface area contributed by atoms with Gasteiger partial charge >= 0.3 is 6.03 Å². The predicted octanol–water partition coefficient (Wildman–Crippen LogP) is 0.800. The van der Waals surface area contributed by atoms with E-state index >= 15 is 0 Å². The Morgan fingerprint density at radius 1 is 0.500 bits per heavy atom. The van der Waals surface area contributed by atoms with Gasteiger partial charge in [-0.1, -0.05) is 0 Å². The van der Waals surface area contributed by atoms with Crippen molar-refractivity contribution in [3.8, 4) is 0 Å². The number of hydrogen-bond donors (Lipinski definition) is 4. The number of aliphatic hydroxyl groups excluding tert-OH is 4. The standard InChI is InChI=1S/C17H36N2O5/c20-13-5-1-9-18(10-2-6-14-21)17(24)19(11-3-7-15-22)12-4-8-16-23/h20-23H,1-16H2. The second kappa shape index (κ2) is 17.0. The Kier molecular flexibility index (Phi) is 16.3. The van der Waals surface area contributed by atoms with E-state index in [9.17, 15) is 4.79 Å². The van der Waals surface area contributed by atoms with Crippen molar-refractivity contribution in [3.05, 3.63) is 0 Å². The van der Waals surface area contributed by atoms with Crippen LogP contribution in [-0.4, -0.2) is 88.9 Å². The highest BCUT2D eigenvalue weighted by atomic mass is 16.3. The molecule has 0 aromatic carbocycles. The van der Waals surface area contributed by atoms with Crippen molar-refractivity contribution < 1.29 is 25.2 Å². The van der Waals surface area contributed by atoms with Crippen LogP contribution in [0.2, 0.25) is 0 Å². The molecule has 0 aliphatic rings. The van der Waals surface area contributed by atoms with Gasteiger partial charge in [-0.05, 0) is 51.4 Å². The summed E-state index contributed by atoms with van der Waals surface area (Å²) in [5.74, 6) is 0. The molecule has 144 valence electrons.